The van der Waals surface area contributed by atoms with Crippen LogP contribution in [-0.2, 0) is 4.74 Å². The standard InChI is InChI=1S/C13H21FN2O2.2C2H6/c1-5-6-10(14)13(7-15)8-16(9-13)11(17)18-12(2,3)4;2*1-2/h10H,5-6,8-9H2,1-4H3;2*1-2H3. The van der Waals surface area contributed by atoms with Gasteiger partial charge in [-0.2, -0.15) is 5.26 Å². The summed E-state index contributed by atoms with van der Waals surface area (Å²) in [6, 6.07) is 2.02. The van der Waals surface area contributed by atoms with E-state index in [0.717, 1.165) is 0 Å². The second-order valence-corrected chi connectivity index (χ2v) is 5.86. The van der Waals surface area contributed by atoms with E-state index >= 15 is 0 Å². The molecule has 1 heterocycles. The van der Waals surface area contributed by atoms with E-state index < -0.39 is 23.3 Å². The molecule has 22 heavy (non-hydrogen) atoms. The first-order valence-electron chi connectivity index (χ1n) is 8.27. The highest BCUT2D eigenvalue weighted by Gasteiger charge is 2.52. The number of nitrogens with zero attached hydrogens (tertiary/aromatic N) is 2. The molecule has 0 spiro atoms. The third kappa shape index (κ3) is 6.64. The Hall–Kier alpha value is -1.31. The Morgan fingerprint density at radius 1 is 1.32 bits per heavy atom. The minimum absolute atomic E-state index is 0.125. The van der Waals surface area contributed by atoms with Crippen molar-refractivity contribution in [1.29, 1.82) is 5.26 Å². The molecule has 130 valence electrons. The van der Waals surface area contributed by atoms with Crippen LogP contribution in [0.25, 0.3) is 0 Å². The van der Waals surface area contributed by atoms with Gasteiger partial charge in [0.15, 0.2) is 0 Å². The van der Waals surface area contributed by atoms with E-state index in [9.17, 15) is 9.18 Å². The number of rotatable bonds is 3. The lowest BCUT2D eigenvalue weighted by molar-refractivity contribution is -0.0423. The molecule has 1 atom stereocenters. The van der Waals surface area contributed by atoms with E-state index in [1.54, 1.807) is 20.8 Å². The average molecular weight is 316 g/mol. The summed E-state index contributed by atoms with van der Waals surface area (Å²) in [7, 11) is 0. The minimum Gasteiger partial charge on any atom is -0.444 e. The topological polar surface area (TPSA) is 53.3 Å². The van der Waals surface area contributed by atoms with Crippen LogP contribution in [0.4, 0.5) is 9.18 Å². The predicted octanol–water partition coefficient (Wildman–Crippen LogP) is 4.94. The summed E-state index contributed by atoms with van der Waals surface area (Å²) in [5, 5.41) is 9.10. The van der Waals surface area contributed by atoms with E-state index in [-0.39, 0.29) is 13.1 Å². The van der Waals surface area contributed by atoms with E-state index in [2.05, 4.69) is 0 Å². The number of ether oxygens (including phenoxy) is 1. The van der Waals surface area contributed by atoms with Crippen molar-refractivity contribution < 1.29 is 13.9 Å². The highest BCUT2D eigenvalue weighted by atomic mass is 19.1. The molecule has 4 nitrogen and oxygen atoms in total. The fourth-order valence-electron chi connectivity index (χ4n) is 1.96. The smallest absolute Gasteiger partial charge is 0.410 e. The van der Waals surface area contributed by atoms with Crippen LogP contribution in [0.2, 0.25) is 0 Å². The predicted molar refractivity (Wildman–Crippen MR) is 88.4 cm³/mol. The Kier molecular flexibility index (Phi) is 10.9. The van der Waals surface area contributed by atoms with Gasteiger partial charge in [-0.05, 0) is 27.2 Å². The Bertz CT molecular complexity index is 353. The Morgan fingerprint density at radius 2 is 1.77 bits per heavy atom. The Labute approximate surface area is 135 Å². The van der Waals surface area contributed by atoms with Gasteiger partial charge in [-0.15, -0.1) is 0 Å². The van der Waals surface area contributed by atoms with Gasteiger partial charge in [0, 0.05) is 13.1 Å². The van der Waals surface area contributed by atoms with Gasteiger partial charge in [0.2, 0.25) is 0 Å². The SMILES string of the molecule is CC.CC.CCCC(F)C1(C#N)CN(C(=O)OC(C)(C)C)C1. The van der Waals surface area contributed by atoms with Crippen LogP contribution in [0.5, 0.6) is 0 Å². The lowest BCUT2D eigenvalue weighted by Gasteiger charge is -2.46. The third-order valence-corrected chi connectivity index (χ3v) is 2.96. The molecule has 0 aromatic heterocycles. The van der Waals surface area contributed by atoms with Crippen molar-refractivity contribution in [2.75, 3.05) is 13.1 Å². The first-order valence-corrected chi connectivity index (χ1v) is 8.27. The maximum atomic E-state index is 13.9. The molecule has 1 rings (SSSR count). The van der Waals surface area contributed by atoms with Gasteiger partial charge in [-0.1, -0.05) is 41.0 Å². The number of likely N-dealkylation sites (tertiary alicyclic amines) is 1. The van der Waals surface area contributed by atoms with Crippen molar-refractivity contribution in [2.24, 2.45) is 5.41 Å². The zero-order valence-corrected chi connectivity index (χ0v) is 15.5. The summed E-state index contributed by atoms with van der Waals surface area (Å²) in [5.41, 5.74) is -1.60. The van der Waals surface area contributed by atoms with Gasteiger partial charge in [-0.3, -0.25) is 0 Å². The van der Waals surface area contributed by atoms with Gasteiger partial charge in [0.05, 0.1) is 6.07 Å². The zero-order chi connectivity index (χ0) is 18.0. The Balaban J connectivity index is 0. The molecule has 0 bridgehead atoms. The molecule has 5 heteroatoms. The number of hydrogen-bond donors (Lipinski definition) is 0. The molecule has 0 aromatic rings. The summed E-state index contributed by atoms with van der Waals surface area (Å²) < 4.78 is 19.1. The number of halogens is 1. The average Bonchev–Trinajstić information content (AvgIpc) is 2.41. The van der Waals surface area contributed by atoms with Crippen LogP contribution >= 0.6 is 0 Å². The molecule has 0 radical (unpaired) electrons. The quantitative estimate of drug-likeness (QED) is 0.741. The molecular weight excluding hydrogens is 283 g/mol. The van der Waals surface area contributed by atoms with Crippen LogP contribution in [-0.4, -0.2) is 35.9 Å². The van der Waals surface area contributed by atoms with Gasteiger partial charge < -0.3 is 9.64 Å². The number of carbonyl (C=O) groups is 1. The molecule has 1 unspecified atom stereocenters. The van der Waals surface area contributed by atoms with E-state index in [1.165, 1.54) is 4.90 Å². The lowest BCUT2D eigenvalue weighted by atomic mass is 9.75. The second-order valence-electron chi connectivity index (χ2n) is 5.86. The van der Waals surface area contributed by atoms with E-state index in [1.807, 2.05) is 40.7 Å². The maximum Gasteiger partial charge on any atom is 0.410 e. The number of amides is 1. The van der Waals surface area contributed by atoms with Crippen molar-refractivity contribution in [2.45, 2.75) is 80.0 Å². The van der Waals surface area contributed by atoms with Crippen LogP contribution in [0.3, 0.4) is 0 Å². The summed E-state index contributed by atoms with van der Waals surface area (Å²) in [5.74, 6) is 0. The molecule has 0 saturated carbocycles. The number of alkyl halides is 1. The molecule has 1 saturated heterocycles. The molecule has 1 aliphatic heterocycles. The van der Waals surface area contributed by atoms with Gasteiger partial charge in [-0.25, -0.2) is 9.18 Å². The van der Waals surface area contributed by atoms with Crippen molar-refractivity contribution in [3.05, 3.63) is 0 Å². The fraction of sp³-hybridized carbons (Fsp3) is 0.882. The molecular formula is C17H33FN2O2. The molecule has 1 aliphatic rings. The molecule has 0 N–H and O–H groups in total. The summed E-state index contributed by atoms with van der Waals surface area (Å²) >= 11 is 0. The van der Waals surface area contributed by atoms with Crippen LogP contribution < -0.4 is 0 Å². The normalized spacial score (nSPS) is 16.6. The van der Waals surface area contributed by atoms with Gasteiger partial charge in [0.25, 0.3) is 0 Å². The third-order valence-electron chi connectivity index (χ3n) is 2.96. The van der Waals surface area contributed by atoms with E-state index in [4.69, 9.17) is 10.00 Å². The summed E-state index contributed by atoms with van der Waals surface area (Å²) in [4.78, 5) is 13.1. The molecule has 1 fully saturated rings. The van der Waals surface area contributed by atoms with Crippen molar-refractivity contribution in [3.8, 4) is 6.07 Å². The highest BCUT2D eigenvalue weighted by molar-refractivity contribution is 5.69. The first-order chi connectivity index (χ1) is 10.2. The monoisotopic (exact) mass is 316 g/mol. The van der Waals surface area contributed by atoms with Crippen LogP contribution in [0, 0.1) is 16.7 Å². The summed E-state index contributed by atoms with van der Waals surface area (Å²) in [6.07, 6.45) is -0.601. The van der Waals surface area contributed by atoms with Gasteiger partial charge >= 0.3 is 6.09 Å². The second kappa shape index (κ2) is 10.4. The minimum atomic E-state index is -1.17. The summed E-state index contributed by atoms with van der Waals surface area (Å²) in [6.45, 7) is 15.5. The molecule has 0 aliphatic carbocycles. The first kappa shape index (κ1) is 23.0. The van der Waals surface area contributed by atoms with Crippen molar-refractivity contribution in [1.82, 2.24) is 4.90 Å². The van der Waals surface area contributed by atoms with Crippen LogP contribution in [0.1, 0.15) is 68.2 Å². The van der Waals surface area contributed by atoms with Gasteiger partial charge in [0.1, 0.15) is 17.2 Å². The molecule has 0 aromatic carbocycles. The van der Waals surface area contributed by atoms with Crippen molar-refractivity contribution >= 4 is 6.09 Å². The largest absolute Gasteiger partial charge is 0.444 e. The van der Waals surface area contributed by atoms with Crippen molar-refractivity contribution in [3.63, 3.8) is 0 Å². The van der Waals surface area contributed by atoms with E-state index in [0.29, 0.717) is 12.8 Å². The molecule has 1 amide bonds. The maximum absolute atomic E-state index is 13.9. The number of hydrogen-bond acceptors (Lipinski definition) is 3. The number of carbonyl (C=O) groups excluding carboxylic acids is 1. The number of nitriles is 1. The zero-order valence-electron chi connectivity index (χ0n) is 15.5. The highest BCUT2D eigenvalue weighted by Crippen LogP contribution is 2.38. The fourth-order valence-corrected chi connectivity index (χ4v) is 1.96. The van der Waals surface area contributed by atoms with Crippen LogP contribution in [0.15, 0.2) is 0 Å². The Morgan fingerprint density at radius 3 is 2.09 bits per heavy atom. The lowest BCUT2D eigenvalue weighted by Crippen LogP contribution is -2.62.